The fourth-order valence-electron chi connectivity index (χ4n) is 3.86. The summed E-state index contributed by atoms with van der Waals surface area (Å²) >= 11 is 5.76. The zero-order valence-electron chi connectivity index (χ0n) is 16.9. The van der Waals surface area contributed by atoms with Gasteiger partial charge in [0.15, 0.2) is 6.61 Å². The van der Waals surface area contributed by atoms with E-state index in [-0.39, 0.29) is 23.9 Å². The summed E-state index contributed by atoms with van der Waals surface area (Å²) in [4.78, 5) is 49.7. The fraction of sp³-hybridized carbons (Fsp3) is 0.500. The molecule has 12 heteroatoms. The van der Waals surface area contributed by atoms with Gasteiger partial charge in [-0.25, -0.2) is 4.79 Å². The molecule has 0 atom stereocenters. The fourth-order valence-corrected chi connectivity index (χ4v) is 4.08. The van der Waals surface area contributed by atoms with Gasteiger partial charge in [-0.15, -0.1) is 0 Å². The number of carbonyl (C=O) groups is 4. The summed E-state index contributed by atoms with van der Waals surface area (Å²) in [7, 11) is 0. The first kappa shape index (κ1) is 23.8. The molecule has 174 valence electrons. The highest BCUT2D eigenvalue weighted by molar-refractivity contribution is 6.34. The Morgan fingerprint density at radius 1 is 1.19 bits per heavy atom. The number of carbonyl (C=O) groups excluding carboxylic acids is 4. The van der Waals surface area contributed by atoms with Crippen LogP contribution in [0.3, 0.4) is 0 Å². The number of halogens is 4. The van der Waals surface area contributed by atoms with E-state index in [1.54, 1.807) is 0 Å². The van der Waals surface area contributed by atoms with E-state index in [9.17, 15) is 32.3 Å². The highest BCUT2D eigenvalue weighted by Crippen LogP contribution is 2.38. The molecule has 1 spiro atoms. The second kappa shape index (κ2) is 9.35. The Balaban J connectivity index is 1.50. The highest BCUT2D eigenvalue weighted by Gasteiger charge is 2.51. The Bertz CT molecular complexity index is 932. The molecule has 1 saturated carbocycles. The van der Waals surface area contributed by atoms with Gasteiger partial charge in [0.25, 0.3) is 11.8 Å². The Morgan fingerprint density at radius 3 is 2.53 bits per heavy atom. The topological polar surface area (TPSA) is 105 Å². The van der Waals surface area contributed by atoms with Crippen molar-refractivity contribution < 1.29 is 37.1 Å². The van der Waals surface area contributed by atoms with Gasteiger partial charge in [-0.2, -0.15) is 13.2 Å². The van der Waals surface area contributed by atoms with E-state index in [1.807, 2.05) is 5.32 Å². The Morgan fingerprint density at radius 2 is 1.88 bits per heavy atom. The number of nitrogens with zero attached hydrogens (tertiary/aromatic N) is 1. The minimum Gasteiger partial charge on any atom is -0.456 e. The first-order valence-corrected chi connectivity index (χ1v) is 10.4. The second-order valence-electron chi connectivity index (χ2n) is 7.65. The third kappa shape index (κ3) is 5.14. The summed E-state index contributed by atoms with van der Waals surface area (Å²) in [5.41, 5.74) is -2.69. The van der Waals surface area contributed by atoms with Crippen LogP contribution >= 0.6 is 11.6 Å². The van der Waals surface area contributed by atoms with E-state index in [1.165, 1.54) is 6.07 Å². The van der Waals surface area contributed by atoms with Crippen LogP contribution in [0.4, 0.5) is 23.7 Å². The van der Waals surface area contributed by atoms with Crippen LogP contribution < -0.4 is 10.6 Å². The number of benzene rings is 1. The molecule has 1 aliphatic carbocycles. The predicted molar refractivity (Wildman–Crippen MR) is 107 cm³/mol. The third-order valence-electron chi connectivity index (χ3n) is 5.44. The number of alkyl halides is 3. The maximum absolute atomic E-state index is 13.1. The van der Waals surface area contributed by atoms with Crippen LogP contribution in [0.1, 0.15) is 44.1 Å². The summed E-state index contributed by atoms with van der Waals surface area (Å²) in [5.74, 6) is -2.29. The Kier molecular flexibility index (Phi) is 6.97. The molecule has 32 heavy (non-hydrogen) atoms. The first-order chi connectivity index (χ1) is 15.0. The van der Waals surface area contributed by atoms with E-state index >= 15 is 0 Å². The molecule has 1 saturated heterocycles. The van der Waals surface area contributed by atoms with Crippen LogP contribution in [-0.4, -0.2) is 47.4 Å². The van der Waals surface area contributed by atoms with Crippen molar-refractivity contribution in [3.8, 4) is 0 Å². The number of urea groups is 1. The van der Waals surface area contributed by atoms with Crippen LogP contribution in [0.25, 0.3) is 0 Å². The highest BCUT2D eigenvalue weighted by atomic mass is 35.5. The average molecular weight is 476 g/mol. The summed E-state index contributed by atoms with van der Waals surface area (Å²) in [6, 6.07) is 2.44. The molecular weight excluding hydrogens is 455 g/mol. The van der Waals surface area contributed by atoms with Crippen molar-refractivity contribution in [1.29, 1.82) is 0 Å². The van der Waals surface area contributed by atoms with E-state index in [4.69, 9.17) is 16.3 Å². The van der Waals surface area contributed by atoms with Crippen molar-refractivity contribution in [2.24, 2.45) is 0 Å². The van der Waals surface area contributed by atoms with Crippen LogP contribution in [0.5, 0.6) is 0 Å². The molecule has 2 N–H and O–H groups in total. The number of imide groups is 1. The zero-order valence-corrected chi connectivity index (χ0v) is 17.6. The number of nitrogens with one attached hydrogen (secondary N) is 2. The predicted octanol–water partition coefficient (Wildman–Crippen LogP) is 3.49. The standard InChI is InChI=1S/C20H21ClF3N3O5/c21-13-6-4-5-12(20(22,23)24)16(13)25-14(28)11-32-15(29)7-10-27-17(30)19(26-18(27)31)8-2-1-3-9-19/h4-6H,1-3,7-11H2,(H,25,28)(H,26,31). The van der Waals surface area contributed by atoms with Crippen molar-refractivity contribution in [3.63, 3.8) is 0 Å². The maximum Gasteiger partial charge on any atom is 0.418 e. The number of para-hydroxylation sites is 1. The largest absolute Gasteiger partial charge is 0.456 e. The van der Waals surface area contributed by atoms with Crippen molar-refractivity contribution in [3.05, 3.63) is 28.8 Å². The minimum atomic E-state index is -4.75. The van der Waals surface area contributed by atoms with Gasteiger partial charge in [0, 0.05) is 6.54 Å². The number of anilines is 1. The number of ether oxygens (including phenoxy) is 1. The molecule has 2 aliphatic rings. The minimum absolute atomic E-state index is 0.227. The van der Waals surface area contributed by atoms with Crippen molar-refractivity contribution >= 4 is 41.1 Å². The van der Waals surface area contributed by atoms with Crippen molar-refractivity contribution in [2.75, 3.05) is 18.5 Å². The number of hydrogen-bond acceptors (Lipinski definition) is 5. The molecule has 1 aromatic rings. The summed E-state index contributed by atoms with van der Waals surface area (Å²) in [5, 5.41) is 4.38. The molecule has 0 bridgehead atoms. The number of hydrogen-bond donors (Lipinski definition) is 2. The summed E-state index contributed by atoms with van der Waals surface area (Å²) in [6.07, 6.45) is -1.40. The van der Waals surface area contributed by atoms with E-state index in [2.05, 4.69) is 5.32 Å². The second-order valence-corrected chi connectivity index (χ2v) is 8.06. The number of amides is 4. The lowest BCUT2D eigenvalue weighted by Gasteiger charge is -2.30. The van der Waals surface area contributed by atoms with Gasteiger partial charge in [0.05, 0.1) is 22.7 Å². The normalized spacial score (nSPS) is 17.9. The lowest BCUT2D eigenvalue weighted by atomic mass is 9.82. The Hall–Kier alpha value is -2.82. The number of rotatable bonds is 6. The van der Waals surface area contributed by atoms with E-state index in [0.717, 1.165) is 36.3 Å². The Labute approximate surface area is 186 Å². The zero-order chi connectivity index (χ0) is 23.5. The molecule has 0 aromatic heterocycles. The van der Waals surface area contributed by atoms with Gasteiger partial charge in [-0.3, -0.25) is 19.3 Å². The molecule has 8 nitrogen and oxygen atoms in total. The molecule has 2 fully saturated rings. The van der Waals surface area contributed by atoms with Crippen molar-refractivity contribution in [1.82, 2.24) is 10.2 Å². The first-order valence-electron chi connectivity index (χ1n) is 9.99. The maximum atomic E-state index is 13.1. The van der Waals surface area contributed by atoms with Crippen LogP contribution in [-0.2, 0) is 25.3 Å². The van der Waals surface area contributed by atoms with Gasteiger partial charge >= 0.3 is 18.2 Å². The summed E-state index contributed by atoms with van der Waals surface area (Å²) < 4.78 is 44.0. The molecule has 0 radical (unpaired) electrons. The van der Waals surface area contributed by atoms with Gasteiger partial charge in [0.1, 0.15) is 5.54 Å². The van der Waals surface area contributed by atoms with E-state index in [0.29, 0.717) is 12.8 Å². The monoisotopic (exact) mass is 475 g/mol. The molecule has 1 heterocycles. The number of esters is 1. The van der Waals surface area contributed by atoms with Gasteiger partial charge in [0.2, 0.25) is 0 Å². The molecular formula is C20H21ClF3N3O5. The molecule has 4 amide bonds. The van der Waals surface area contributed by atoms with Gasteiger partial charge < -0.3 is 15.4 Å². The lowest BCUT2D eigenvalue weighted by molar-refractivity contribution is -0.148. The lowest BCUT2D eigenvalue weighted by Crippen LogP contribution is -2.48. The van der Waals surface area contributed by atoms with Gasteiger partial charge in [-0.05, 0) is 25.0 Å². The quantitative estimate of drug-likeness (QED) is 0.484. The third-order valence-corrected chi connectivity index (χ3v) is 5.76. The molecule has 1 aliphatic heterocycles. The molecule has 1 aromatic carbocycles. The summed E-state index contributed by atoms with van der Waals surface area (Å²) in [6.45, 7) is -1.08. The van der Waals surface area contributed by atoms with Crippen molar-refractivity contribution in [2.45, 2.75) is 50.2 Å². The van der Waals surface area contributed by atoms with Gasteiger partial charge in [-0.1, -0.05) is 36.9 Å². The van der Waals surface area contributed by atoms with Crippen LogP contribution in [0.2, 0.25) is 5.02 Å². The van der Waals surface area contributed by atoms with Crippen LogP contribution in [0.15, 0.2) is 18.2 Å². The van der Waals surface area contributed by atoms with E-state index < -0.39 is 47.5 Å². The average Bonchev–Trinajstić information content (AvgIpc) is 2.95. The smallest absolute Gasteiger partial charge is 0.418 e. The SMILES string of the molecule is O=C(COC(=O)CCN1C(=O)NC2(CCCCC2)C1=O)Nc1c(Cl)cccc1C(F)(F)F. The van der Waals surface area contributed by atoms with Crippen LogP contribution in [0, 0.1) is 0 Å². The molecule has 0 unspecified atom stereocenters. The molecule has 3 rings (SSSR count).